The molecule has 0 radical (unpaired) electrons. The van der Waals surface area contributed by atoms with E-state index in [2.05, 4.69) is 18.3 Å². The van der Waals surface area contributed by atoms with Crippen molar-refractivity contribution in [1.82, 2.24) is 5.32 Å². The summed E-state index contributed by atoms with van der Waals surface area (Å²) in [6, 6.07) is 6.23. The summed E-state index contributed by atoms with van der Waals surface area (Å²) in [6.45, 7) is 6.61. The molecular formula is C13H19NO3. The Kier molecular flexibility index (Phi) is 4.23. The van der Waals surface area contributed by atoms with Gasteiger partial charge in [-0.1, -0.05) is 6.92 Å². The first-order valence-corrected chi connectivity index (χ1v) is 6.05. The molecule has 1 aromatic carbocycles. The van der Waals surface area contributed by atoms with Crippen LogP contribution < -0.4 is 14.8 Å². The molecule has 0 aromatic heterocycles. The smallest absolute Gasteiger partial charge is 0.189 e. The van der Waals surface area contributed by atoms with Crippen molar-refractivity contribution in [2.45, 2.75) is 19.9 Å². The van der Waals surface area contributed by atoms with Crippen LogP contribution in [-0.4, -0.2) is 26.6 Å². The largest absolute Gasteiger partial charge is 0.491 e. The summed E-state index contributed by atoms with van der Waals surface area (Å²) in [4.78, 5) is 0. The third-order valence-electron chi connectivity index (χ3n) is 2.73. The standard InChI is InChI=1S/C13H19NO3/c1-3-14-12-8-16-13-7-10(5-6-11(12)13)17-9-15-4-2/h5-7,12,14H,3-4,8-9H2,1-2H3. The van der Waals surface area contributed by atoms with E-state index in [0.29, 0.717) is 19.3 Å². The van der Waals surface area contributed by atoms with Crippen molar-refractivity contribution >= 4 is 0 Å². The van der Waals surface area contributed by atoms with E-state index in [1.165, 1.54) is 5.56 Å². The first-order chi connectivity index (χ1) is 8.35. The van der Waals surface area contributed by atoms with Gasteiger partial charge in [0.1, 0.15) is 18.1 Å². The Morgan fingerprint density at radius 1 is 1.41 bits per heavy atom. The zero-order valence-corrected chi connectivity index (χ0v) is 10.4. The summed E-state index contributed by atoms with van der Waals surface area (Å²) >= 11 is 0. The van der Waals surface area contributed by atoms with E-state index in [9.17, 15) is 0 Å². The number of likely N-dealkylation sites (N-methyl/N-ethyl adjacent to an activating group) is 1. The van der Waals surface area contributed by atoms with Crippen LogP contribution in [0.4, 0.5) is 0 Å². The van der Waals surface area contributed by atoms with Crippen molar-refractivity contribution in [3.05, 3.63) is 23.8 Å². The quantitative estimate of drug-likeness (QED) is 0.607. The van der Waals surface area contributed by atoms with Crippen LogP contribution in [0.2, 0.25) is 0 Å². The lowest BCUT2D eigenvalue weighted by Crippen LogP contribution is -2.21. The average Bonchev–Trinajstić information content (AvgIpc) is 2.73. The van der Waals surface area contributed by atoms with E-state index in [-0.39, 0.29) is 6.79 Å². The maximum Gasteiger partial charge on any atom is 0.189 e. The maximum absolute atomic E-state index is 5.63. The molecule has 0 aliphatic carbocycles. The highest BCUT2D eigenvalue weighted by atomic mass is 16.7. The number of fused-ring (bicyclic) bond motifs is 1. The topological polar surface area (TPSA) is 39.7 Å². The van der Waals surface area contributed by atoms with Crippen molar-refractivity contribution in [1.29, 1.82) is 0 Å². The van der Waals surface area contributed by atoms with Gasteiger partial charge in [-0.3, -0.25) is 0 Å². The van der Waals surface area contributed by atoms with Gasteiger partial charge < -0.3 is 19.5 Å². The van der Waals surface area contributed by atoms with Gasteiger partial charge in [-0.25, -0.2) is 0 Å². The fraction of sp³-hybridized carbons (Fsp3) is 0.538. The Morgan fingerprint density at radius 3 is 3.06 bits per heavy atom. The molecule has 0 spiro atoms. The van der Waals surface area contributed by atoms with Gasteiger partial charge in [-0.2, -0.15) is 0 Å². The lowest BCUT2D eigenvalue weighted by molar-refractivity contribution is 0.0223. The zero-order valence-electron chi connectivity index (χ0n) is 10.4. The lowest BCUT2D eigenvalue weighted by atomic mass is 10.1. The van der Waals surface area contributed by atoms with Crippen LogP contribution in [0.15, 0.2) is 18.2 Å². The molecule has 1 unspecified atom stereocenters. The molecule has 2 rings (SSSR count). The van der Waals surface area contributed by atoms with Gasteiger partial charge in [-0.15, -0.1) is 0 Å². The van der Waals surface area contributed by atoms with Gasteiger partial charge in [0, 0.05) is 18.2 Å². The summed E-state index contributed by atoms with van der Waals surface area (Å²) in [5, 5.41) is 3.38. The Morgan fingerprint density at radius 2 is 2.29 bits per heavy atom. The molecule has 1 aromatic rings. The zero-order chi connectivity index (χ0) is 12.1. The molecule has 0 saturated carbocycles. The third kappa shape index (κ3) is 2.90. The monoisotopic (exact) mass is 237 g/mol. The molecular weight excluding hydrogens is 218 g/mol. The van der Waals surface area contributed by atoms with Crippen molar-refractivity contribution < 1.29 is 14.2 Å². The van der Waals surface area contributed by atoms with Crippen LogP contribution in [-0.2, 0) is 4.74 Å². The summed E-state index contributed by atoms with van der Waals surface area (Å²) in [7, 11) is 0. The molecule has 0 saturated heterocycles. The average molecular weight is 237 g/mol. The van der Waals surface area contributed by atoms with Gasteiger partial charge in [0.25, 0.3) is 0 Å². The van der Waals surface area contributed by atoms with Crippen LogP contribution in [0.5, 0.6) is 11.5 Å². The second-order valence-electron chi connectivity index (χ2n) is 3.88. The molecule has 1 atom stereocenters. The number of rotatable bonds is 6. The molecule has 1 heterocycles. The fourth-order valence-electron chi connectivity index (χ4n) is 1.89. The van der Waals surface area contributed by atoms with E-state index in [1.54, 1.807) is 0 Å². The first-order valence-electron chi connectivity index (χ1n) is 6.05. The fourth-order valence-corrected chi connectivity index (χ4v) is 1.89. The summed E-state index contributed by atoms with van der Waals surface area (Å²) in [6.07, 6.45) is 0. The van der Waals surface area contributed by atoms with Crippen LogP contribution in [0, 0.1) is 0 Å². The lowest BCUT2D eigenvalue weighted by Gasteiger charge is -2.10. The molecule has 0 amide bonds. The third-order valence-corrected chi connectivity index (χ3v) is 2.73. The van der Waals surface area contributed by atoms with E-state index in [0.717, 1.165) is 18.0 Å². The summed E-state index contributed by atoms with van der Waals surface area (Å²) in [5.74, 6) is 1.69. The number of hydrogen-bond acceptors (Lipinski definition) is 4. The Balaban J connectivity index is 2.01. The molecule has 4 nitrogen and oxygen atoms in total. The Hall–Kier alpha value is -1.26. The minimum atomic E-state index is 0.284. The second-order valence-corrected chi connectivity index (χ2v) is 3.88. The molecule has 1 N–H and O–H groups in total. The van der Waals surface area contributed by atoms with Crippen LogP contribution >= 0.6 is 0 Å². The molecule has 1 aliphatic heterocycles. The van der Waals surface area contributed by atoms with Crippen LogP contribution in [0.3, 0.4) is 0 Å². The number of benzene rings is 1. The minimum absolute atomic E-state index is 0.284. The van der Waals surface area contributed by atoms with E-state index >= 15 is 0 Å². The predicted molar refractivity (Wildman–Crippen MR) is 65.5 cm³/mol. The highest BCUT2D eigenvalue weighted by Crippen LogP contribution is 2.35. The van der Waals surface area contributed by atoms with Crippen molar-refractivity contribution in [3.63, 3.8) is 0 Å². The molecule has 0 fully saturated rings. The molecule has 17 heavy (non-hydrogen) atoms. The van der Waals surface area contributed by atoms with Gasteiger partial charge in [0.2, 0.25) is 0 Å². The predicted octanol–water partition coefficient (Wildman–Crippen LogP) is 2.10. The van der Waals surface area contributed by atoms with Crippen LogP contribution in [0.25, 0.3) is 0 Å². The molecule has 94 valence electrons. The minimum Gasteiger partial charge on any atom is -0.491 e. The van der Waals surface area contributed by atoms with Gasteiger partial charge in [0.05, 0.1) is 6.04 Å². The van der Waals surface area contributed by atoms with Crippen LogP contribution in [0.1, 0.15) is 25.5 Å². The Labute approximate surface area is 102 Å². The second kappa shape index (κ2) is 5.89. The van der Waals surface area contributed by atoms with E-state index in [1.807, 2.05) is 19.1 Å². The summed E-state index contributed by atoms with van der Waals surface area (Å²) < 4.78 is 16.2. The normalized spacial score (nSPS) is 17.6. The highest BCUT2D eigenvalue weighted by Gasteiger charge is 2.23. The van der Waals surface area contributed by atoms with Crippen molar-refractivity contribution in [3.8, 4) is 11.5 Å². The summed E-state index contributed by atoms with van der Waals surface area (Å²) in [5.41, 5.74) is 1.20. The highest BCUT2D eigenvalue weighted by molar-refractivity contribution is 5.44. The Bertz CT molecular complexity index is 368. The van der Waals surface area contributed by atoms with Gasteiger partial charge >= 0.3 is 0 Å². The van der Waals surface area contributed by atoms with Gasteiger partial charge in [0.15, 0.2) is 6.79 Å². The number of nitrogens with one attached hydrogen (secondary N) is 1. The van der Waals surface area contributed by atoms with E-state index in [4.69, 9.17) is 14.2 Å². The molecule has 4 heteroatoms. The van der Waals surface area contributed by atoms with Crippen molar-refractivity contribution in [2.75, 3.05) is 26.6 Å². The van der Waals surface area contributed by atoms with Crippen molar-refractivity contribution in [2.24, 2.45) is 0 Å². The first kappa shape index (κ1) is 12.2. The number of hydrogen-bond donors (Lipinski definition) is 1. The van der Waals surface area contributed by atoms with Gasteiger partial charge in [-0.05, 0) is 25.6 Å². The molecule has 0 bridgehead atoms. The number of ether oxygens (including phenoxy) is 3. The van der Waals surface area contributed by atoms with E-state index < -0.39 is 0 Å². The maximum atomic E-state index is 5.63. The molecule has 1 aliphatic rings. The SMILES string of the molecule is CCNC1COc2cc(OCOCC)ccc21.